The van der Waals surface area contributed by atoms with Crippen LogP contribution >= 0.6 is 15.9 Å². The minimum Gasteiger partial charge on any atom is -0.477 e. The molecule has 8 heteroatoms. The number of amides is 1. The summed E-state index contributed by atoms with van der Waals surface area (Å²) in [5.74, 6) is -1.25. The van der Waals surface area contributed by atoms with Crippen molar-refractivity contribution in [3.8, 4) is 0 Å². The number of carbonyl (C=O) groups excluding carboxylic acids is 1. The molecular weight excluding hydrogens is 340 g/mol. The van der Waals surface area contributed by atoms with E-state index < -0.39 is 5.97 Å². The van der Waals surface area contributed by atoms with Gasteiger partial charge in [0.25, 0.3) is 0 Å². The standard InChI is InChI=1S/C13H17BrN4O3/c1-3-8-12(14)10(17(4-2)15-8)7-18-11(19)6-5-9(16-18)13(20)21/h3-7H2,1-2H3,(H,20,21). The molecule has 7 nitrogen and oxygen atoms in total. The van der Waals surface area contributed by atoms with E-state index in [2.05, 4.69) is 26.1 Å². The maximum atomic E-state index is 11.9. The Labute approximate surface area is 130 Å². The molecule has 114 valence electrons. The van der Waals surface area contributed by atoms with Crippen molar-refractivity contribution in [3.63, 3.8) is 0 Å². The number of nitrogens with zero attached hydrogens (tertiary/aromatic N) is 4. The van der Waals surface area contributed by atoms with Gasteiger partial charge in [0.1, 0.15) is 5.71 Å². The van der Waals surface area contributed by atoms with Crippen LogP contribution in [0.2, 0.25) is 0 Å². The second kappa shape index (κ2) is 6.38. The number of hydrogen-bond acceptors (Lipinski definition) is 4. The van der Waals surface area contributed by atoms with Gasteiger partial charge >= 0.3 is 5.97 Å². The van der Waals surface area contributed by atoms with Crippen molar-refractivity contribution in [1.82, 2.24) is 14.8 Å². The largest absolute Gasteiger partial charge is 0.477 e. The highest BCUT2D eigenvalue weighted by atomic mass is 79.9. The first-order valence-electron chi connectivity index (χ1n) is 6.83. The van der Waals surface area contributed by atoms with Gasteiger partial charge < -0.3 is 5.11 Å². The topological polar surface area (TPSA) is 87.8 Å². The molecule has 21 heavy (non-hydrogen) atoms. The minimum atomic E-state index is -1.08. The molecule has 0 saturated heterocycles. The van der Waals surface area contributed by atoms with E-state index in [1.165, 1.54) is 5.01 Å². The molecule has 0 saturated carbocycles. The van der Waals surface area contributed by atoms with Gasteiger partial charge in [-0.15, -0.1) is 0 Å². The normalized spacial score (nSPS) is 15.3. The smallest absolute Gasteiger partial charge is 0.352 e. The number of rotatable bonds is 5. The van der Waals surface area contributed by atoms with Gasteiger partial charge in [-0.2, -0.15) is 10.2 Å². The van der Waals surface area contributed by atoms with Crippen LogP contribution in [-0.2, 0) is 29.1 Å². The highest BCUT2D eigenvalue weighted by Gasteiger charge is 2.26. The van der Waals surface area contributed by atoms with Crippen molar-refractivity contribution in [2.75, 3.05) is 0 Å². The number of hydrogen-bond donors (Lipinski definition) is 1. The van der Waals surface area contributed by atoms with Crippen LogP contribution in [-0.4, -0.2) is 37.5 Å². The third-order valence-corrected chi connectivity index (χ3v) is 4.26. The third kappa shape index (κ3) is 3.15. The molecule has 0 radical (unpaired) electrons. The predicted molar refractivity (Wildman–Crippen MR) is 79.8 cm³/mol. The van der Waals surface area contributed by atoms with E-state index in [1.807, 2.05) is 13.8 Å². The Bertz CT molecular complexity index is 609. The summed E-state index contributed by atoms with van der Waals surface area (Å²) in [7, 11) is 0. The molecule has 0 spiro atoms. The number of carboxylic acids is 1. The third-order valence-electron chi connectivity index (χ3n) is 3.35. The average Bonchev–Trinajstić information content (AvgIpc) is 2.77. The molecule has 0 atom stereocenters. The first kappa shape index (κ1) is 15.7. The van der Waals surface area contributed by atoms with Gasteiger partial charge in [-0.05, 0) is 29.3 Å². The fraction of sp³-hybridized carbons (Fsp3) is 0.538. The van der Waals surface area contributed by atoms with Gasteiger partial charge in [0.2, 0.25) is 5.91 Å². The molecule has 2 rings (SSSR count). The molecule has 1 N–H and O–H groups in total. The Kier molecular flexibility index (Phi) is 4.76. The number of carboxylic acid groups (broad SMARTS) is 1. The molecule has 1 aliphatic rings. The van der Waals surface area contributed by atoms with Crippen LogP contribution in [0.1, 0.15) is 38.1 Å². The van der Waals surface area contributed by atoms with E-state index in [0.717, 1.165) is 22.3 Å². The zero-order valence-electron chi connectivity index (χ0n) is 12.0. The van der Waals surface area contributed by atoms with Crippen molar-refractivity contribution in [3.05, 3.63) is 15.9 Å². The Balaban J connectivity index is 2.32. The highest BCUT2D eigenvalue weighted by molar-refractivity contribution is 9.10. The first-order valence-corrected chi connectivity index (χ1v) is 7.62. The lowest BCUT2D eigenvalue weighted by atomic mass is 10.1. The van der Waals surface area contributed by atoms with E-state index in [1.54, 1.807) is 4.68 Å². The summed E-state index contributed by atoms with van der Waals surface area (Å²) in [5, 5.41) is 18.6. The van der Waals surface area contributed by atoms with Crippen molar-refractivity contribution < 1.29 is 14.7 Å². The Morgan fingerprint density at radius 1 is 1.38 bits per heavy atom. The maximum Gasteiger partial charge on any atom is 0.352 e. The van der Waals surface area contributed by atoms with E-state index in [4.69, 9.17) is 5.11 Å². The summed E-state index contributed by atoms with van der Waals surface area (Å²) in [6.45, 7) is 4.86. The second-order valence-electron chi connectivity index (χ2n) is 4.68. The van der Waals surface area contributed by atoms with Gasteiger partial charge in [0.15, 0.2) is 0 Å². The zero-order chi connectivity index (χ0) is 15.6. The minimum absolute atomic E-state index is 0.0176. The monoisotopic (exact) mass is 356 g/mol. The van der Waals surface area contributed by atoms with E-state index >= 15 is 0 Å². The number of hydrazone groups is 1. The number of halogens is 1. The summed E-state index contributed by atoms with van der Waals surface area (Å²) < 4.78 is 2.66. The summed E-state index contributed by atoms with van der Waals surface area (Å²) in [4.78, 5) is 22.9. The number of aryl methyl sites for hydroxylation is 2. The Hall–Kier alpha value is -1.70. The first-order chi connectivity index (χ1) is 9.97. The lowest BCUT2D eigenvalue weighted by Gasteiger charge is -2.22. The lowest BCUT2D eigenvalue weighted by molar-refractivity contribution is -0.133. The average molecular weight is 357 g/mol. The molecule has 0 fully saturated rings. The van der Waals surface area contributed by atoms with Crippen LogP contribution in [0, 0.1) is 0 Å². The summed E-state index contributed by atoms with van der Waals surface area (Å²) >= 11 is 3.51. The van der Waals surface area contributed by atoms with Crippen molar-refractivity contribution >= 4 is 33.5 Å². The molecule has 1 amide bonds. The molecule has 0 aliphatic carbocycles. The predicted octanol–water partition coefficient (Wildman–Crippen LogP) is 1.79. The molecular formula is C13H17BrN4O3. The van der Waals surface area contributed by atoms with Crippen LogP contribution in [0.3, 0.4) is 0 Å². The number of aliphatic carboxylic acids is 1. The molecule has 1 aromatic heterocycles. The molecule has 2 heterocycles. The van der Waals surface area contributed by atoms with Crippen molar-refractivity contribution in [2.45, 2.75) is 46.2 Å². The maximum absolute atomic E-state index is 11.9. The quantitative estimate of drug-likeness (QED) is 0.870. The summed E-state index contributed by atoms with van der Waals surface area (Å²) in [5.41, 5.74) is 1.76. The molecule has 1 aliphatic heterocycles. The highest BCUT2D eigenvalue weighted by Crippen LogP contribution is 2.25. The van der Waals surface area contributed by atoms with Crippen LogP contribution in [0.25, 0.3) is 0 Å². The Morgan fingerprint density at radius 3 is 2.67 bits per heavy atom. The van der Waals surface area contributed by atoms with Gasteiger partial charge in [-0.25, -0.2) is 9.80 Å². The van der Waals surface area contributed by atoms with Gasteiger partial charge in [0.05, 0.1) is 22.4 Å². The summed E-state index contributed by atoms with van der Waals surface area (Å²) in [6.07, 6.45) is 1.13. The van der Waals surface area contributed by atoms with Crippen LogP contribution in [0.5, 0.6) is 0 Å². The van der Waals surface area contributed by atoms with Crippen molar-refractivity contribution in [2.24, 2.45) is 5.10 Å². The second-order valence-corrected chi connectivity index (χ2v) is 5.47. The number of aromatic nitrogens is 2. The SMILES string of the molecule is CCc1nn(CC)c(CN2N=C(C(=O)O)CCC2=O)c1Br. The number of carbonyl (C=O) groups is 2. The molecule has 1 aromatic rings. The lowest BCUT2D eigenvalue weighted by Crippen LogP contribution is -2.34. The van der Waals surface area contributed by atoms with Gasteiger partial charge in [-0.1, -0.05) is 6.92 Å². The fourth-order valence-corrected chi connectivity index (χ4v) is 2.88. The molecule has 0 bridgehead atoms. The van der Waals surface area contributed by atoms with E-state index in [-0.39, 0.29) is 31.0 Å². The molecule has 0 aromatic carbocycles. The van der Waals surface area contributed by atoms with E-state index in [0.29, 0.717) is 6.54 Å². The zero-order valence-corrected chi connectivity index (χ0v) is 13.6. The van der Waals surface area contributed by atoms with Crippen molar-refractivity contribution in [1.29, 1.82) is 0 Å². The van der Waals surface area contributed by atoms with E-state index in [9.17, 15) is 9.59 Å². The van der Waals surface area contributed by atoms with Gasteiger partial charge in [0, 0.05) is 19.4 Å². The van der Waals surface area contributed by atoms with Gasteiger partial charge in [-0.3, -0.25) is 9.48 Å². The van der Waals surface area contributed by atoms with Crippen LogP contribution in [0.15, 0.2) is 9.57 Å². The summed E-state index contributed by atoms with van der Waals surface area (Å²) in [6, 6.07) is 0. The van der Waals surface area contributed by atoms with Crippen LogP contribution < -0.4 is 0 Å². The van der Waals surface area contributed by atoms with Crippen LogP contribution in [0.4, 0.5) is 0 Å². The Morgan fingerprint density at radius 2 is 2.10 bits per heavy atom. The molecule has 0 unspecified atom stereocenters. The fourth-order valence-electron chi connectivity index (χ4n) is 2.19.